The van der Waals surface area contributed by atoms with Crippen molar-refractivity contribution in [1.82, 2.24) is 10.2 Å². The molecule has 1 rings (SSSR count). The summed E-state index contributed by atoms with van der Waals surface area (Å²) >= 11 is 0. The molecule has 17 heavy (non-hydrogen) atoms. The van der Waals surface area contributed by atoms with Crippen molar-refractivity contribution in [3.05, 3.63) is 0 Å². The van der Waals surface area contributed by atoms with Crippen molar-refractivity contribution < 1.29 is 14.6 Å². The highest BCUT2D eigenvalue weighted by Crippen LogP contribution is 2.07. The smallest absolute Gasteiger partial charge is 0.250 e. The quantitative estimate of drug-likeness (QED) is 0.705. The minimum Gasteiger partial charge on any atom is -0.394 e. The van der Waals surface area contributed by atoms with E-state index in [4.69, 9.17) is 4.74 Å². The first kappa shape index (κ1) is 14.4. The van der Waals surface area contributed by atoms with E-state index in [2.05, 4.69) is 24.1 Å². The van der Waals surface area contributed by atoms with E-state index >= 15 is 0 Å². The van der Waals surface area contributed by atoms with Crippen molar-refractivity contribution in [2.75, 3.05) is 33.4 Å². The van der Waals surface area contributed by atoms with Crippen LogP contribution in [0.2, 0.25) is 0 Å². The Bertz CT molecular complexity index is 246. The van der Waals surface area contributed by atoms with Gasteiger partial charge in [0.25, 0.3) is 5.91 Å². The predicted octanol–water partition coefficient (Wildman–Crippen LogP) is -0.160. The topological polar surface area (TPSA) is 61.8 Å². The Labute approximate surface area is 103 Å². The molecule has 0 spiro atoms. The molecule has 1 aliphatic rings. The lowest BCUT2D eigenvalue weighted by molar-refractivity contribution is -0.139. The molecule has 1 fully saturated rings. The van der Waals surface area contributed by atoms with E-state index in [1.165, 1.54) is 0 Å². The molecule has 5 nitrogen and oxygen atoms in total. The van der Waals surface area contributed by atoms with Gasteiger partial charge in [-0.3, -0.25) is 4.79 Å². The molecule has 0 aliphatic carbocycles. The van der Waals surface area contributed by atoms with E-state index in [1.807, 2.05) is 7.05 Å². The number of nitrogens with zero attached hydrogens (tertiary/aromatic N) is 1. The first-order chi connectivity index (χ1) is 8.02. The molecule has 1 aliphatic heterocycles. The number of nitrogens with one attached hydrogen (secondary N) is 1. The lowest BCUT2D eigenvalue weighted by Gasteiger charge is -2.30. The van der Waals surface area contributed by atoms with Gasteiger partial charge in [-0.05, 0) is 19.4 Å². The summed E-state index contributed by atoms with van der Waals surface area (Å²) in [5.74, 6) is 0.332. The molecule has 5 heteroatoms. The number of amides is 1. The zero-order valence-electron chi connectivity index (χ0n) is 11.0. The molecule has 0 radical (unpaired) electrons. The van der Waals surface area contributed by atoms with Crippen LogP contribution in [-0.4, -0.2) is 61.4 Å². The number of carbonyl (C=O) groups excluding carboxylic acids is 1. The molecule has 0 saturated carbocycles. The maximum Gasteiger partial charge on any atom is 0.250 e. The number of aliphatic hydroxyl groups excluding tert-OH is 1. The molecule has 1 amide bonds. The average molecular weight is 244 g/mol. The number of ether oxygens (including phenoxy) is 1. The van der Waals surface area contributed by atoms with Crippen LogP contribution >= 0.6 is 0 Å². The molecule has 1 saturated heterocycles. The summed E-state index contributed by atoms with van der Waals surface area (Å²) in [7, 11) is 1.97. The third kappa shape index (κ3) is 5.02. The van der Waals surface area contributed by atoms with Gasteiger partial charge < -0.3 is 20.1 Å². The zero-order chi connectivity index (χ0) is 12.8. The molecule has 2 atom stereocenters. The van der Waals surface area contributed by atoms with Gasteiger partial charge in [0.2, 0.25) is 0 Å². The number of hydrogen-bond donors (Lipinski definition) is 2. The molecule has 100 valence electrons. The summed E-state index contributed by atoms with van der Waals surface area (Å²) in [6.07, 6.45) is 0.375. The molecule has 0 bridgehead atoms. The van der Waals surface area contributed by atoms with Gasteiger partial charge in [0.05, 0.1) is 19.3 Å². The van der Waals surface area contributed by atoms with Gasteiger partial charge >= 0.3 is 0 Å². The van der Waals surface area contributed by atoms with Crippen LogP contribution in [0.5, 0.6) is 0 Å². The number of carbonyl (C=O) groups is 1. The number of rotatable bonds is 5. The summed E-state index contributed by atoms with van der Waals surface area (Å²) in [5, 5.41) is 12.1. The van der Waals surface area contributed by atoms with Gasteiger partial charge in [0.15, 0.2) is 0 Å². The van der Waals surface area contributed by atoms with Crippen molar-refractivity contribution in [1.29, 1.82) is 0 Å². The summed E-state index contributed by atoms with van der Waals surface area (Å²) in [5.41, 5.74) is 0. The SMILES string of the molecule is CC(C)C[C@@H](CO)NC(=O)[C@@H]1CN(C)CCO1. The number of morpholine rings is 1. The van der Waals surface area contributed by atoms with Crippen LogP contribution in [0, 0.1) is 5.92 Å². The van der Waals surface area contributed by atoms with Gasteiger partial charge in [0, 0.05) is 13.1 Å². The standard InChI is InChI=1S/C12H24N2O3/c1-9(2)6-10(8-15)13-12(16)11-7-14(3)4-5-17-11/h9-11,15H,4-8H2,1-3H3,(H,13,16)/t10-,11-/m0/s1. The van der Waals surface area contributed by atoms with Crippen LogP contribution in [0.1, 0.15) is 20.3 Å². The number of aliphatic hydroxyl groups is 1. The first-order valence-corrected chi connectivity index (χ1v) is 6.24. The van der Waals surface area contributed by atoms with Crippen molar-refractivity contribution in [2.24, 2.45) is 5.92 Å². The fourth-order valence-corrected chi connectivity index (χ4v) is 1.98. The highest BCUT2D eigenvalue weighted by atomic mass is 16.5. The lowest BCUT2D eigenvalue weighted by Crippen LogP contribution is -2.51. The van der Waals surface area contributed by atoms with Crippen LogP contribution < -0.4 is 5.32 Å². The van der Waals surface area contributed by atoms with E-state index < -0.39 is 6.10 Å². The van der Waals surface area contributed by atoms with Crippen LogP contribution in [0.3, 0.4) is 0 Å². The monoisotopic (exact) mass is 244 g/mol. The summed E-state index contributed by atoms with van der Waals surface area (Å²) < 4.78 is 5.43. The maximum atomic E-state index is 11.9. The third-order valence-corrected chi connectivity index (χ3v) is 2.88. The summed E-state index contributed by atoms with van der Waals surface area (Å²) in [6, 6.07) is -0.168. The Morgan fingerprint density at radius 2 is 2.29 bits per heavy atom. The van der Waals surface area contributed by atoms with E-state index in [9.17, 15) is 9.90 Å². The zero-order valence-corrected chi connectivity index (χ0v) is 11.0. The van der Waals surface area contributed by atoms with Gasteiger partial charge in [-0.1, -0.05) is 13.8 Å². The normalized spacial score (nSPS) is 23.7. The van der Waals surface area contributed by atoms with Gasteiger partial charge in [-0.15, -0.1) is 0 Å². The fourth-order valence-electron chi connectivity index (χ4n) is 1.98. The van der Waals surface area contributed by atoms with Gasteiger partial charge in [-0.25, -0.2) is 0 Å². The highest BCUT2D eigenvalue weighted by molar-refractivity contribution is 5.81. The maximum absolute atomic E-state index is 11.9. The molecule has 0 aromatic carbocycles. The molecule has 0 unspecified atom stereocenters. The third-order valence-electron chi connectivity index (χ3n) is 2.88. The minimum absolute atomic E-state index is 0.0213. The Kier molecular flexibility index (Phi) is 5.88. The van der Waals surface area contributed by atoms with Crippen molar-refractivity contribution >= 4 is 5.91 Å². The van der Waals surface area contributed by atoms with Gasteiger partial charge in [-0.2, -0.15) is 0 Å². The average Bonchev–Trinajstić information content (AvgIpc) is 2.27. The van der Waals surface area contributed by atoms with Crippen LogP contribution in [-0.2, 0) is 9.53 Å². The largest absolute Gasteiger partial charge is 0.394 e. The lowest BCUT2D eigenvalue weighted by atomic mass is 10.0. The van der Waals surface area contributed by atoms with E-state index in [-0.39, 0.29) is 18.6 Å². The van der Waals surface area contributed by atoms with E-state index in [0.717, 1.165) is 13.0 Å². The first-order valence-electron chi connectivity index (χ1n) is 6.24. The van der Waals surface area contributed by atoms with Crippen LogP contribution in [0.4, 0.5) is 0 Å². The van der Waals surface area contributed by atoms with Crippen LogP contribution in [0.15, 0.2) is 0 Å². The second kappa shape index (κ2) is 6.93. The molecule has 0 aromatic heterocycles. The molecular weight excluding hydrogens is 220 g/mol. The fraction of sp³-hybridized carbons (Fsp3) is 0.917. The van der Waals surface area contributed by atoms with Crippen molar-refractivity contribution in [2.45, 2.75) is 32.4 Å². The number of hydrogen-bond acceptors (Lipinski definition) is 4. The Balaban J connectivity index is 2.40. The second-order valence-corrected chi connectivity index (χ2v) is 5.14. The minimum atomic E-state index is -0.407. The van der Waals surface area contributed by atoms with Crippen LogP contribution in [0.25, 0.3) is 0 Å². The molecule has 0 aromatic rings. The summed E-state index contributed by atoms with van der Waals surface area (Å²) in [6.45, 7) is 6.18. The Morgan fingerprint density at radius 3 is 2.82 bits per heavy atom. The second-order valence-electron chi connectivity index (χ2n) is 5.14. The summed E-state index contributed by atoms with van der Waals surface area (Å²) in [4.78, 5) is 14.0. The Hall–Kier alpha value is -0.650. The molecule has 2 N–H and O–H groups in total. The predicted molar refractivity (Wildman–Crippen MR) is 65.7 cm³/mol. The Morgan fingerprint density at radius 1 is 1.59 bits per heavy atom. The van der Waals surface area contributed by atoms with E-state index in [1.54, 1.807) is 0 Å². The highest BCUT2D eigenvalue weighted by Gasteiger charge is 2.26. The molecular formula is C12H24N2O3. The van der Waals surface area contributed by atoms with Crippen molar-refractivity contribution in [3.63, 3.8) is 0 Å². The number of likely N-dealkylation sites (N-methyl/N-ethyl adjacent to an activating group) is 1. The van der Waals surface area contributed by atoms with Crippen molar-refractivity contribution in [3.8, 4) is 0 Å². The van der Waals surface area contributed by atoms with E-state index in [0.29, 0.717) is 19.1 Å². The van der Waals surface area contributed by atoms with Gasteiger partial charge in [0.1, 0.15) is 6.10 Å². The molecule has 1 heterocycles.